The Bertz CT molecular complexity index is 688. The van der Waals surface area contributed by atoms with Crippen molar-refractivity contribution in [2.45, 2.75) is 37.0 Å². The van der Waals surface area contributed by atoms with Crippen molar-refractivity contribution >= 4 is 15.9 Å². The van der Waals surface area contributed by atoms with Crippen molar-refractivity contribution in [3.8, 4) is 0 Å². The largest absolute Gasteiger partial charge is 0.385 e. The third-order valence-electron chi connectivity index (χ3n) is 4.63. The maximum atomic E-state index is 13.3. The van der Waals surface area contributed by atoms with Crippen LogP contribution < -0.4 is 5.32 Å². The number of nitrogens with zero attached hydrogens (tertiary/aromatic N) is 1. The minimum Gasteiger partial charge on any atom is -0.385 e. The molecule has 2 rings (SSSR count). The standard InChI is InChI=1S/C18H27FN2O4S/c1-25-13-3-10-20-18(22)7-6-15-8-11-21(12-9-15)26(23,24)17-5-2-4-16(19)14-17/h2,4-5,14-15H,3,6-13H2,1H3,(H,20,22). The number of rotatable bonds is 9. The summed E-state index contributed by atoms with van der Waals surface area (Å²) in [4.78, 5) is 11.8. The van der Waals surface area contributed by atoms with E-state index < -0.39 is 15.8 Å². The molecule has 1 aromatic carbocycles. The zero-order valence-corrected chi connectivity index (χ0v) is 15.9. The SMILES string of the molecule is COCCCNC(=O)CCC1CCN(S(=O)(=O)c2cccc(F)c2)CC1. The fraction of sp³-hybridized carbons (Fsp3) is 0.611. The van der Waals surface area contributed by atoms with Crippen molar-refractivity contribution in [1.29, 1.82) is 0 Å². The highest BCUT2D eigenvalue weighted by atomic mass is 32.2. The molecule has 8 heteroatoms. The van der Waals surface area contributed by atoms with E-state index >= 15 is 0 Å². The van der Waals surface area contributed by atoms with E-state index in [1.165, 1.54) is 22.5 Å². The molecule has 0 atom stereocenters. The average molecular weight is 386 g/mol. The van der Waals surface area contributed by atoms with E-state index in [9.17, 15) is 17.6 Å². The van der Waals surface area contributed by atoms with Crippen LogP contribution in [0.3, 0.4) is 0 Å². The lowest BCUT2D eigenvalue weighted by Gasteiger charge is -2.31. The van der Waals surface area contributed by atoms with Gasteiger partial charge in [0, 0.05) is 39.8 Å². The van der Waals surface area contributed by atoms with Gasteiger partial charge in [0.15, 0.2) is 0 Å². The summed E-state index contributed by atoms with van der Waals surface area (Å²) in [5.74, 6) is -0.202. The summed E-state index contributed by atoms with van der Waals surface area (Å²) in [6.07, 6.45) is 3.42. The van der Waals surface area contributed by atoms with Crippen LogP contribution in [0.15, 0.2) is 29.2 Å². The van der Waals surface area contributed by atoms with Crippen LogP contribution in [-0.2, 0) is 19.6 Å². The van der Waals surface area contributed by atoms with Gasteiger partial charge in [0.05, 0.1) is 4.90 Å². The first-order valence-electron chi connectivity index (χ1n) is 8.95. The number of sulfonamides is 1. The Labute approximate surface area is 154 Å². The van der Waals surface area contributed by atoms with Crippen molar-refractivity contribution in [3.63, 3.8) is 0 Å². The number of ether oxygens (including phenoxy) is 1. The van der Waals surface area contributed by atoms with E-state index in [0.717, 1.165) is 18.9 Å². The Morgan fingerprint density at radius 3 is 2.73 bits per heavy atom. The summed E-state index contributed by atoms with van der Waals surface area (Å²) in [6.45, 7) is 2.04. The monoisotopic (exact) mass is 386 g/mol. The number of carbonyl (C=O) groups excluding carboxylic acids is 1. The number of hydrogen-bond acceptors (Lipinski definition) is 4. The molecule has 0 saturated carbocycles. The number of nitrogens with one attached hydrogen (secondary N) is 1. The molecule has 1 aliphatic rings. The number of methoxy groups -OCH3 is 1. The molecular formula is C18H27FN2O4S. The predicted molar refractivity (Wildman–Crippen MR) is 96.6 cm³/mol. The van der Waals surface area contributed by atoms with Crippen molar-refractivity contribution in [2.75, 3.05) is 33.4 Å². The maximum absolute atomic E-state index is 13.3. The van der Waals surface area contributed by atoms with Gasteiger partial charge >= 0.3 is 0 Å². The molecule has 1 saturated heterocycles. The van der Waals surface area contributed by atoms with Gasteiger partial charge in [-0.15, -0.1) is 0 Å². The van der Waals surface area contributed by atoms with Gasteiger partial charge < -0.3 is 10.1 Å². The van der Waals surface area contributed by atoms with Gasteiger partial charge in [-0.2, -0.15) is 4.31 Å². The van der Waals surface area contributed by atoms with E-state index in [2.05, 4.69) is 5.32 Å². The Hall–Kier alpha value is -1.51. The maximum Gasteiger partial charge on any atom is 0.243 e. The molecule has 0 aliphatic carbocycles. The highest BCUT2D eigenvalue weighted by Crippen LogP contribution is 2.26. The van der Waals surface area contributed by atoms with Gasteiger partial charge in [-0.05, 0) is 49.8 Å². The Morgan fingerprint density at radius 1 is 1.35 bits per heavy atom. The van der Waals surface area contributed by atoms with Crippen LogP contribution in [0.4, 0.5) is 4.39 Å². The van der Waals surface area contributed by atoms with Gasteiger partial charge in [-0.3, -0.25) is 4.79 Å². The number of amides is 1. The van der Waals surface area contributed by atoms with Crippen molar-refractivity contribution in [2.24, 2.45) is 5.92 Å². The normalized spacial score (nSPS) is 16.5. The topological polar surface area (TPSA) is 75.7 Å². The summed E-state index contributed by atoms with van der Waals surface area (Å²) >= 11 is 0. The third-order valence-corrected chi connectivity index (χ3v) is 6.53. The van der Waals surface area contributed by atoms with Crippen LogP contribution in [0.25, 0.3) is 0 Å². The lowest BCUT2D eigenvalue weighted by Crippen LogP contribution is -2.38. The quantitative estimate of drug-likeness (QED) is 0.660. The molecule has 0 unspecified atom stereocenters. The van der Waals surface area contributed by atoms with Crippen molar-refractivity contribution < 1.29 is 22.3 Å². The molecule has 0 radical (unpaired) electrons. The van der Waals surface area contributed by atoms with Crippen LogP contribution in [0.5, 0.6) is 0 Å². The number of halogens is 1. The molecule has 6 nitrogen and oxygen atoms in total. The second-order valence-electron chi connectivity index (χ2n) is 6.54. The van der Waals surface area contributed by atoms with Crippen molar-refractivity contribution in [3.05, 3.63) is 30.1 Å². The number of piperidine rings is 1. The Balaban J connectivity index is 1.76. The summed E-state index contributed by atoms with van der Waals surface area (Å²) < 4.78 is 44.8. The van der Waals surface area contributed by atoms with E-state index in [4.69, 9.17) is 4.74 Å². The lowest BCUT2D eigenvalue weighted by molar-refractivity contribution is -0.121. The fourth-order valence-corrected chi connectivity index (χ4v) is 4.58. The summed E-state index contributed by atoms with van der Waals surface area (Å²) in [7, 11) is -2.03. The number of benzene rings is 1. The Kier molecular flexibility index (Phi) is 7.99. The van der Waals surface area contributed by atoms with E-state index in [0.29, 0.717) is 51.4 Å². The molecule has 1 fully saturated rings. The summed E-state index contributed by atoms with van der Waals surface area (Å²) in [6, 6.07) is 5.10. The van der Waals surface area contributed by atoms with Gasteiger partial charge in [0.2, 0.25) is 15.9 Å². The van der Waals surface area contributed by atoms with Crippen LogP contribution in [0.1, 0.15) is 32.1 Å². The number of carbonyl (C=O) groups is 1. The molecule has 0 aromatic heterocycles. The summed E-state index contributed by atoms with van der Waals surface area (Å²) in [5.41, 5.74) is 0. The summed E-state index contributed by atoms with van der Waals surface area (Å²) in [5, 5.41) is 2.86. The number of hydrogen-bond donors (Lipinski definition) is 1. The molecule has 26 heavy (non-hydrogen) atoms. The molecular weight excluding hydrogens is 359 g/mol. The van der Waals surface area contributed by atoms with Crippen LogP contribution in [0.2, 0.25) is 0 Å². The first-order chi connectivity index (χ1) is 12.4. The second-order valence-corrected chi connectivity index (χ2v) is 8.48. The lowest BCUT2D eigenvalue weighted by atomic mass is 9.93. The minimum atomic E-state index is -3.65. The first-order valence-corrected chi connectivity index (χ1v) is 10.4. The Morgan fingerprint density at radius 2 is 2.08 bits per heavy atom. The van der Waals surface area contributed by atoms with Crippen molar-refractivity contribution in [1.82, 2.24) is 9.62 Å². The molecule has 0 spiro atoms. The second kappa shape index (κ2) is 9.99. The van der Waals surface area contributed by atoms with Crippen LogP contribution >= 0.6 is 0 Å². The highest BCUT2D eigenvalue weighted by molar-refractivity contribution is 7.89. The minimum absolute atomic E-state index is 0.00798. The first kappa shape index (κ1) is 20.8. The van der Waals surface area contributed by atoms with Gasteiger partial charge in [0.25, 0.3) is 0 Å². The fourth-order valence-electron chi connectivity index (χ4n) is 3.08. The van der Waals surface area contributed by atoms with E-state index in [-0.39, 0.29) is 10.8 Å². The van der Waals surface area contributed by atoms with Gasteiger partial charge in [-0.25, -0.2) is 12.8 Å². The van der Waals surface area contributed by atoms with E-state index in [1.54, 1.807) is 7.11 Å². The average Bonchev–Trinajstić information content (AvgIpc) is 2.64. The molecule has 1 aromatic rings. The third kappa shape index (κ3) is 6.03. The molecule has 1 amide bonds. The smallest absolute Gasteiger partial charge is 0.243 e. The molecule has 1 N–H and O–H groups in total. The van der Waals surface area contributed by atoms with Gasteiger partial charge in [0.1, 0.15) is 5.82 Å². The van der Waals surface area contributed by atoms with E-state index in [1.807, 2.05) is 0 Å². The predicted octanol–water partition coefficient (Wildman–Crippen LogP) is 2.16. The van der Waals surface area contributed by atoms with Crippen LogP contribution in [-0.4, -0.2) is 52.0 Å². The molecule has 1 heterocycles. The molecule has 146 valence electrons. The van der Waals surface area contributed by atoms with Gasteiger partial charge in [-0.1, -0.05) is 6.07 Å². The molecule has 0 bridgehead atoms. The highest BCUT2D eigenvalue weighted by Gasteiger charge is 2.29. The van der Waals surface area contributed by atoms with Crippen LogP contribution in [0, 0.1) is 11.7 Å². The zero-order chi connectivity index (χ0) is 19.0. The molecule has 1 aliphatic heterocycles. The zero-order valence-electron chi connectivity index (χ0n) is 15.1.